The highest BCUT2D eigenvalue weighted by Gasteiger charge is 2.32. The van der Waals surface area contributed by atoms with Crippen LogP contribution < -0.4 is 10.5 Å². The molecule has 0 fully saturated rings. The number of nitrogens with zero attached hydrogens (tertiary/aromatic N) is 3. The lowest BCUT2D eigenvalue weighted by Gasteiger charge is -2.13. The summed E-state index contributed by atoms with van der Waals surface area (Å²) in [5, 5.41) is 10.3. The van der Waals surface area contributed by atoms with Gasteiger partial charge in [0.25, 0.3) is 0 Å². The molecule has 10 nitrogen and oxygen atoms in total. The van der Waals surface area contributed by atoms with Crippen molar-refractivity contribution in [2.24, 2.45) is 4.99 Å². The standard InChI is InChI=1S/C17H21N4O6P/c1-26-6-7-27-17-20-13-12(16(22)19-14(13)15(18)21-17)8-10-2-4-11(5-3-10)9-28(23,24)25/h2-5,12H,6-9H2,1H3,(H,19,22)(H2,18,20,21)(H2,23,24,25). The number of nitrogen functional groups attached to an aromatic ring is 1. The van der Waals surface area contributed by atoms with E-state index in [1.54, 1.807) is 31.4 Å². The molecule has 1 unspecified atom stereocenters. The average Bonchev–Trinajstić information content (AvgIpc) is 2.92. The van der Waals surface area contributed by atoms with Crippen LogP contribution in [0.25, 0.3) is 0 Å². The SMILES string of the molecule is COCCOc1nc(N)c2c(n1)C(Cc1ccc(CP(=O)(O)O)cc1)C(O)=N2. The number of methoxy groups -OCH3 is 1. The number of aliphatic hydroxyl groups excluding tert-OH is 1. The van der Waals surface area contributed by atoms with Gasteiger partial charge in [0, 0.05) is 7.11 Å². The van der Waals surface area contributed by atoms with E-state index < -0.39 is 13.5 Å². The molecule has 1 aromatic carbocycles. The first-order valence-electron chi connectivity index (χ1n) is 8.46. The van der Waals surface area contributed by atoms with Crippen molar-refractivity contribution in [2.45, 2.75) is 18.5 Å². The highest BCUT2D eigenvalue weighted by molar-refractivity contribution is 7.50. The van der Waals surface area contributed by atoms with Crippen molar-refractivity contribution < 1.29 is 28.9 Å². The van der Waals surface area contributed by atoms with Crippen LogP contribution in [0.15, 0.2) is 29.3 Å². The molecule has 1 aliphatic rings. The average molecular weight is 408 g/mol. The summed E-state index contributed by atoms with van der Waals surface area (Å²) in [7, 11) is -2.57. The van der Waals surface area contributed by atoms with Gasteiger partial charge in [-0.05, 0) is 17.5 Å². The molecule has 11 heteroatoms. The van der Waals surface area contributed by atoms with E-state index in [2.05, 4.69) is 15.0 Å². The summed E-state index contributed by atoms with van der Waals surface area (Å²) in [5.41, 5.74) is 8.08. The van der Waals surface area contributed by atoms with Crippen LogP contribution in [0.2, 0.25) is 0 Å². The molecule has 0 spiro atoms. The van der Waals surface area contributed by atoms with Crippen LogP contribution in [0.4, 0.5) is 11.5 Å². The minimum absolute atomic E-state index is 0.0835. The van der Waals surface area contributed by atoms with Gasteiger partial charge in [0.2, 0.25) is 0 Å². The van der Waals surface area contributed by atoms with E-state index in [0.717, 1.165) is 5.56 Å². The Morgan fingerprint density at radius 1 is 1.14 bits per heavy atom. The number of hydrogen-bond acceptors (Lipinski definition) is 7. The number of rotatable bonds is 8. The van der Waals surface area contributed by atoms with Crippen molar-refractivity contribution in [2.75, 3.05) is 26.1 Å². The Labute approximate surface area is 161 Å². The van der Waals surface area contributed by atoms with E-state index in [-0.39, 0.29) is 30.5 Å². The normalized spacial score (nSPS) is 16.0. The molecule has 0 amide bonds. The van der Waals surface area contributed by atoms with Gasteiger partial charge >= 0.3 is 13.6 Å². The van der Waals surface area contributed by atoms with Crippen LogP contribution >= 0.6 is 7.60 Å². The molecular formula is C17H21N4O6P. The summed E-state index contributed by atoms with van der Waals surface area (Å²) >= 11 is 0. The van der Waals surface area contributed by atoms with Gasteiger partial charge in [-0.15, -0.1) is 0 Å². The second-order valence-electron chi connectivity index (χ2n) is 6.33. The van der Waals surface area contributed by atoms with Gasteiger partial charge in [-0.2, -0.15) is 9.97 Å². The van der Waals surface area contributed by atoms with Crippen molar-refractivity contribution in [3.8, 4) is 6.01 Å². The Kier molecular flexibility index (Phi) is 5.95. The van der Waals surface area contributed by atoms with Crippen molar-refractivity contribution in [1.82, 2.24) is 9.97 Å². The van der Waals surface area contributed by atoms with Crippen LogP contribution in [-0.4, -0.2) is 51.1 Å². The quantitative estimate of drug-likeness (QED) is 0.376. The summed E-state index contributed by atoms with van der Waals surface area (Å²) in [6.07, 6.45) is 0.0602. The number of ether oxygens (including phenoxy) is 2. The molecule has 1 aromatic heterocycles. The van der Waals surface area contributed by atoms with Gasteiger partial charge in [0.1, 0.15) is 12.3 Å². The molecule has 0 bridgehead atoms. The number of aliphatic hydroxyl groups is 1. The Balaban J connectivity index is 1.79. The fourth-order valence-corrected chi connectivity index (χ4v) is 3.55. The summed E-state index contributed by atoms with van der Waals surface area (Å²) in [6, 6.07) is 6.87. The molecule has 28 heavy (non-hydrogen) atoms. The molecule has 1 aliphatic heterocycles. The molecule has 0 saturated heterocycles. The van der Waals surface area contributed by atoms with Crippen LogP contribution in [-0.2, 0) is 21.9 Å². The minimum atomic E-state index is -4.12. The van der Waals surface area contributed by atoms with E-state index in [1.165, 1.54) is 0 Å². The van der Waals surface area contributed by atoms with Gasteiger partial charge < -0.3 is 30.1 Å². The van der Waals surface area contributed by atoms with E-state index in [9.17, 15) is 9.67 Å². The third kappa shape index (κ3) is 4.85. The molecule has 5 N–H and O–H groups in total. The number of fused-ring (bicyclic) bond motifs is 1. The number of nitrogens with two attached hydrogens (primary N) is 1. The monoisotopic (exact) mass is 408 g/mol. The second kappa shape index (κ2) is 8.24. The highest BCUT2D eigenvalue weighted by Crippen LogP contribution is 2.41. The molecule has 2 aromatic rings. The second-order valence-corrected chi connectivity index (χ2v) is 7.98. The zero-order valence-corrected chi connectivity index (χ0v) is 16.0. The van der Waals surface area contributed by atoms with Crippen LogP contribution in [0, 0.1) is 0 Å². The molecular weight excluding hydrogens is 387 g/mol. The Hall–Kier alpha value is -2.52. The third-order valence-corrected chi connectivity index (χ3v) is 4.93. The predicted octanol–water partition coefficient (Wildman–Crippen LogP) is 1.69. The van der Waals surface area contributed by atoms with Crippen molar-refractivity contribution in [3.05, 3.63) is 41.1 Å². The smallest absolute Gasteiger partial charge is 0.329 e. The lowest BCUT2D eigenvalue weighted by Crippen LogP contribution is -2.14. The zero-order chi connectivity index (χ0) is 20.3. The van der Waals surface area contributed by atoms with Crippen LogP contribution in [0.3, 0.4) is 0 Å². The zero-order valence-electron chi connectivity index (χ0n) is 15.1. The number of hydrogen-bond donors (Lipinski definition) is 4. The fraction of sp³-hybridized carbons (Fsp3) is 0.353. The largest absolute Gasteiger partial charge is 0.496 e. The minimum Gasteiger partial charge on any atom is -0.496 e. The van der Waals surface area contributed by atoms with Crippen LogP contribution in [0.5, 0.6) is 6.01 Å². The highest BCUT2D eigenvalue weighted by atomic mass is 31.2. The van der Waals surface area contributed by atoms with Gasteiger partial charge in [-0.1, -0.05) is 24.3 Å². The van der Waals surface area contributed by atoms with Gasteiger partial charge in [-0.3, -0.25) is 4.57 Å². The summed E-state index contributed by atoms with van der Waals surface area (Å²) in [4.78, 5) is 30.6. The Morgan fingerprint density at radius 2 is 1.82 bits per heavy atom. The van der Waals surface area contributed by atoms with Crippen LogP contribution in [0.1, 0.15) is 22.7 Å². The van der Waals surface area contributed by atoms with E-state index in [4.69, 9.17) is 25.0 Å². The predicted molar refractivity (Wildman–Crippen MR) is 102 cm³/mol. The maximum absolute atomic E-state index is 11.1. The molecule has 1 atom stereocenters. The van der Waals surface area contributed by atoms with E-state index >= 15 is 0 Å². The van der Waals surface area contributed by atoms with Crippen molar-refractivity contribution >= 4 is 25.0 Å². The van der Waals surface area contributed by atoms with Gasteiger partial charge in [-0.25, -0.2) is 4.99 Å². The molecule has 150 valence electrons. The topological polar surface area (TPSA) is 160 Å². The van der Waals surface area contributed by atoms with E-state index in [1.807, 2.05) is 0 Å². The number of aromatic nitrogens is 2. The molecule has 0 aliphatic carbocycles. The molecule has 3 rings (SSSR count). The van der Waals surface area contributed by atoms with Gasteiger partial charge in [0.15, 0.2) is 11.7 Å². The van der Waals surface area contributed by atoms with Crippen molar-refractivity contribution in [3.63, 3.8) is 0 Å². The first kappa shape index (κ1) is 20.2. The maximum Gasteiger partial charge on any atom is 0.329 e. The Bertz CT molecular complexity index is 928. The lowest BCUT2D eigenvalue weighted by atomic mass is 9.96. The lowest BCUT2D eigenvalue weighted by molar-refractivity contribution is 0.140. The Morgan fingerprint density at radius 3 is 2.46 bits per heavy atom. The first-order valence-corrected chi connectivity index (χ1v) is 10.3. The fourth-order valence-electron chi connectivity index (χ4n) is 2.86. The van der Waals surface area contributed by atoms with Crippen molar-refractivity contribution in [1.29, 1.82) is 0 Å². The van der Waals surface area contributed by atoms with E-state index in [0.29, 0.717) is 30.0 Å². The first-order chi connectivity index (χ1) is 13.3. The summed E-state index contributed by atoms with van der Waals surface area (Å²) in [6.45, 7) is 0.625. The molecule has 2 heterocycles. The maximum atomic E-state index is 11.1. The summed E-state index contributed by atoms with van der Waals surface area (Å²) in [5.74, 6) is -0.523. The molecule has 0 saturated carbocycles. The number of benzene rings is 1. The number of anilines is 1. The third-order valence-electron chi connectivity index (χ3n) is 4.16. The summed E-state index contributed by atoms with van der Waals surface area (Å²) < 4.78 is 21.4. The number of aliphatic imine (C=N–C) groups is 1. The molecule has 0 radical (unpaired) electrons. The van der Waals surface area contributed by atoms with Gasteiger partial charge in [0.05, 0.1) is 24.4 Å².